The molecule has 64 heavy (non-hydrogen) atoms. The van der Waals surface area contributed by atoms with Crippen LogP contribution in [0.1, 0.15) is 318 Å². The van der Waals surface area contributed by atoms with Gasteiger partial charge in [0.25, 0.3) is 0 Å². The zero-order valence-corrected chi connectivity index (χ0v) is 44.1. The number of ether oxygens (including phenoxy) is 3. The van der Waals surface area contributed by atoms with E-state index in [-0.39, 0.29) is 31.1 Å². The van der Waals surface area contributed by atoms with Gasteiger partial charge in [-0.2, -0.15) is 0 Å². The lowest BCUT2D eigenvalue weighted by Gasteiger charge is -2.18. The molecule has 0 heterocycles. The number of hydrogen-bond acceptors (Lipinski definition) is 6. The second-order valence-electron chi connectivity index (χ2n) is 21.1. The van der Waals surface area contributed by atoms with Crippen LogP contribution in [0.3, 0.4) is 0 Å². The highest BCUT2D eigenvalue weighted by atomic mass is 16.6. The summed E-state index contributed by atoms with van der Waals surface area (Å²) in [6.07, 6.45) is 50.9. The fourth-order valence-electron chi connectivity index (χ4n) is 8.79. The molecule has 0 aliphatic rings. The molecule has 0 aromatic carbocycles. The molecule has 0 saturated carbocycles. The van der Waals surface area contributed by atoms with Gasteiger partial charge < -0.3 is 14.2 Å². The number of hydrogen-bond donors (Lipinski definition) is 0. The van der Waals surface area contributed by atoms with Gasteiger partial charge in [-0.1, -0.05) is 279 Å². The van der Waals surface area contributed by atoms with Crippen LogP contribution in [0.2, 0.25) is 0 Å². The fraction of sp³-hybridized carbons (Fsp3) is 0.948. The van der Waals surface area contributed by atoms with E-state index >= 15 is 0 Å². The first-order chi connectivity index (χ1) is 31.1. The quantitative estimate of drug-likeness (QED) is 0.0344. The lowest BCUT2D eigenvalue weighted by molar-refractivity contribution is -0.167. The lowest BCUT2D eigenvalue weighted by Crippen LogP contribution is -2.30. The van der Waals surface area contributed by atoms with Crippen molar-refractivity contribution in [3.8, 4) is 0 Å². The largest absolute Gasteiger partial charge is 0.462 e. The van der Waals surface area contributed by atoms with Crippen LogP contribution in [0.5, 0.6) is 0 Å². The minimum atomic E-state index is -0.763. The highest BCUT2D eigenvalue weighted by Crippen LogP contribution is 2.19. The van der Waals surface area contributed by atoms with E-state index in [1.165, 1.54) is 199 Å². The molecule has 1 unspecified atom stereocenters. The SMILES string of the molecule is CCC(C)CCCCCCCCCCCCCCCCC(=O)OC[C@H](COC(=O)CCCCCCCCCCCCCCCCC(C)C)OC(=O)CCCCCCCCCCC(C)C. The lowest BCUT2D eigenvalue weighted by atomic mass is 9.99. The second kappa shape index (κ2) is 49.3. The van der Waals surface area contributed by atoms with Crippen molar-refractivity contribution in [3.05, 3.63) is 0 Å². The molecule has 0 spiro atoms. The second-order valence-corrected chi connectivity index (χ2v) is 21.1. The van der Waals surface area contributed by atoms with Crippen LogP contribution in [0.4, 0.5) is 0 Å². The molecule has 0 rings (SSSR count). The standard InChI is InChI=1S/C58H112O6/c1-7-54(6)46-40-34-28-21-17-13-9-11-15-19-23-30-36-42-48-57(60)63-51-55(64-58(61)49-43-37-31-25-24-27-33-39-45-53(4)5)50-62-56(59)47-41-35-29-22-18-14-10-8-12-16-20-26-32-38-44-52(2)3/h52-55H,7-51H2,1-6H3/t54?,55-/m0/s1. The predicted molar refractivity (Wildman–Crippen MR) is 275 cm³/mol. The minimum absolute atomic E-state index is 0.0641. The topological polar surface area (TPSA) is 78.9 Å². The van der Waals surface area contributed by atoms with E-state index in [0.29, 0.717) is 19.3 Å². The van der Waals surface area contributed by atoms with E-state index < -0.39 is 6.10 Å². The summed E-state index contributed by atoms with van der Waals surface area (Å²) in [5, 5.41) is 0. The summed E-state index contributed by atoms with van der Waals surface area (Å²) < 4.78 is 16.9. The first-order valence-electron chi connectivity index (χ1n) is 28.6. The molecule has 6 nitrogen and oxygen atoms in total. The van der Waals surface area contributed by atoms with Crippen LogP contribution in [0, 0.1) is 17.8 Å². The highest BCUT2D eigenvalue weighted by Gasteiger charge is 2.19. The van der Waals surface area contributed by atoms with Gasteiger partial charge in [-0.25, -0.2) is 0 Å². The van der Waals surface area contributed by atoms with Crippen molar-refractivity contribution in [2.45, 2.75) is 324 Å². The Morgan fingerprint density at radius 1 is 0.312 bits per heavy atom. The van der Waals surface area contributed by atoms with Crippen LogP contribution < -0.4 is 0 Å². The third-order valence-electron chi connectivity index (χ3n) is 13.5. The summed E-state index contributed by atoms with van der Waals surface area (Å²) in [5.74, 6) is 1.69. The van der Waals surface area contributed by atoms with Crippen molar-refractivity contribution < 1.29 is 28.6 Å². The Bertz CT molecular complexity index is 993. The highest BCUT2D eigenvalue weighted by molar-refractivity contribution is 5.71. The summed E-state index contributed by atoms with van der Waals surface area (Å²) in [5.41, 5.74) is 0. The van der Waals surface area contributed by atoms with Gasteiger partial charge in [0.15, 0.2) is 6.10 Å². The van der Waals surface area contributed by atoms with Gasteiger partial charge in [-0.05, 0) is 37.0 Å². The Morgan fingerprint density at radius 3 is 0.812 bits per heavy atom. The molecule has 0 saturated heterocycles. The Labute approximate surface area is 399 Å². The van der Waals surface area contributed by atoms with E-state index in [4.69, 9.17) is 14.2 Å². The number of carbonyl (C=O) groups is 3. The van der Waals surface area contributed by atoms with Crippen LogP contribution in [-0.4, -0.2) is 37.2 Å². The molecule has 0 aromatic heterocycles. The van der Waals surface area contributed by atoms with E-state index in [0.717, 1.165) is 75.5 Å². The summed E-state index contributed by atoms with van der Waals surface area (Å²) in [6, 6.07) is 0. The van der Waals surface area contributed by atoms with E-state index in [2.05, 4.69) is 41.5 Å². The van der Waals surface area contributed by atoms with Crippen molar-refractivity contribution in [1.82, 2.24) is 0 Å². The average Bonchev–Trinajstić information content (AvgIpc) is 3.27. The van der Waals surface area contributed by atoms with Crippen LogP contribution >= 0.6 is 0 Å². The maximum Gasteiger partial charge on any atom is 0.306 e. The number of carbonyl (C=O) groups excluding carboxylic acids is 3. The molecular weight excluding hydrogens is 793 g/mol. The summed E-state index contributed by atoms with van der Waals surface area (Å²) >= 11 is 0. The molecule has 0 fully saturated rings. The van der Waals surface area contributed by atoms with Crippen LogP contribution in [-0.2, 0) is 28.6 Å². The molecule has 0 aromatic rings. The van der Waals surface area contributed by atoms with Gasteiger partial charge in [-0.3, -0.25) is 14.4 Å². The third-order valence-corrected chi connectivity index (χ3v) is 13.5. The minimum Gasteiger partial charge on any atom is -0.462 e. The number of esters is 3. The molecule has 2 atom stereocenters. The molecule has 0 radical (unpaired) electrons. The van der Waals surface area contributed by atoms with Gasteiger partial charge in [0.05, 0.1) is 0 Å². The van der Waals surface area contributed by atoms with Gasteiger partial charge in [0.1, 0.15) is 13.2 Å². The predicted octanol–water partition coefficient (Wildman–Crippen LogP) is 18.7. The molecule has 0 amide bonds. The van der Waals surface area contributed by atoms with E-state index in [9.17, 15) is 14.4 Å². The first kappa shape index (κ1) is 62.4. The van der Waals surface area contributed by atoms with Crippen molar-refractivity contribution in [2.75, 3.05) is 13.2 Å². The maximum atomic E-state index is 12.8. The number of rotatable bonds is 51. The Morgan fingerprint density at radius 2 is 0.547 bits per heavy atom. The smallest absolute Gasteiger partial charge is 0.306 e. The normalized spacial score (nSPS) is 12.6. The van der Waals surface area contributed by atoms with Crippen LogP contribution in [0.15, 0.2) is 0 Å². The van der Waals surface area contributed by atoms with Gasteiger partial charge in [0.2, 0.25) is 0 Å². The Balaban J connectivity index is 4.25. The molecule has 380 valence electrons. The number of unbranched alkanes of at least 4 members (excludes halogenated alkanes) is 33. The Kier molecular flexibility index (Phi) is 48.1. The zero-order chi connectivity index (χ0) is 47.0. The van der Waals surface area contributed by atoms with Crippen molar-refractivity contribution in [1.29, 1.82) is 0 Å². The molecule has 0 N–H and O–H groups in total. The van der Waals surface area contributed by atoms with Crippen LogP contribution in [0.25, 0.3) is 0 Å². The van der Waals surface area contributed by atoms with Crippen molar-refractivity contribution in [2.24, 2.45) is 17.8 Å². The fourth-order valence-corrected chi connectivity index (χ4v) is 8.79. The maximum absolute atomic E-state index is 12.8. The molecule has 6 heteroatoms. The first-order valence-corrected chi connectivity index (χ1v) is 28.6. The van der Waals surface area contributed by atoms with Crippen molar-refractivity contribution >= 4 is 17.9 Å². The van der Waals surface area contributed by atoms with E-state index in [1.807, 2.05) is 0 Å². The molecular formula is C58H112O6. The average molecular weight is 906 g/mol. The zero-order valence-electron chi connectivity index (χ0n) is 44.1. The third kappa shape index (κ3) is 49.8. The molecule has 0 aliphatic heterocycles. The summed E-state index contributed by atoms with van der Waals surface area (Å²) in [4.78, 5) is 38.1. The summed E-state index contributed by atoms with van der Waals surface area (Å²) in [7, 11) is 0. The van der Waals surface area contributed by atoms with E-state index in [1.54, 1.807) is 0 Å². The summed E-state index contributed by atoms with van der Waals surface area (Å²) in [6.45, 7) is 13.8. The van der Waals surface area contributed by atoms with Gasteiger partial charge >= 0.3 is 17.9 Å². The monoisotopic (exact) mass is 905 g/mol. The molecule has 0 bridgehead atoms. The van der Waals surface area contributed by atoms with Gasteiger partial charge in [0, 0.05) is 19.3 Å². The molecule has 0 aliphatic carbocycles. The Hall–Kier alpha value is -1.59. The van der Waals surface area contributed by atoms with Gasteiger partial charge in [-0.15, -0.1) is 0 Å². The van der Waals surface area contributed by atoms with Crippen molar-refractivity contribution in [3.63, 3.8) is 0 Å².